The summed E-state index contributed by atoms with van der Waals surface area (Å²) in [6, 6.07) is 19.0. The van der Waals surface area contributed by atoms with Crippen molar-refractivity contribution in [2.75, 3.05) is 6.61 Å². The third-order valence-corrected chi connectivity index (χ3v) is 4.30. The molecule has 1 aliphatic rings. The van der Waals surface area contributed by atoms with Gasteiger partial charge in [-0.05, 0) is 29.3 Å². The van der Waals surface area contributed by atoms with Crippen molar-refractivity contribution in [3.05, 3.63) is 84.2 Å². The molecule has 1 N–H and O–H groups in total. The zero-order valence-electron chi connectivity index (χ0n) is 15.2. The van der Waals surface area contributed by atoms with E-state index in [9.17, 15) is 4.79 Å². The molecule has 0 spiro atoms. The summed E-state index contributed by atoms with van der Waals surface area (Å²) in [5, 5.41) is 2.85. The van der Waals surface area contributed by atoms with E-state index in [1.54, 1.807) is 24.5 Å². The number of pyridine rings is 1. The second-order valence-corrected chi connectivity index (χ2v) is 6.38. The van der Waals surface area contributed by atoms with Crippen molar-refractivity contribution in [3.63, 3.8) is 0 Å². The molecule has 1 aromatic heterocycles. The number of ether oxygens (including phenoxy) is 3. The summed E-state index contributed by atoms with van der Waals surface area (Å²) in [6.45, 7) is 1.01. The lowest BCUT2D eigenvalue weighted by molar-refractivity contribution is -0.130. The Kier molecular flexibility index (Phi) is 5.38. The number of nitrogens with zero attached hydrogens (tertiary/aromatic N) is 1. The Bertz CT molecular complexity index is 932. The van der Waals surface area contributed by atoms with Gasteiger partial charge in [0.25, 0.3) is 5.91 Å². The average molecular weight is 376 g/mol. The summed E-state index contributed by atoms with van der Waals surface area (Å²) in [5.41, 5.74) is 2.00. The smallest absolute Gasteiger partial charge is 0.264 e. The van der Waals surface area contributed by atoms with Crippen LogP contribution in [0.1, 0.15) is 11.1 Å². The second-order valence-electron chi connectivity index (χ2n) is 6.38. The van der Waals surface area contributed by atoms with Crippen LogP contribution in [0.2, 0.25) is 0 Å². The lowest BCUT2D eigenvalue weighted by atomic mass is 10.2. The van der Waals surface area contributed by atoms with E-state index in [-0.39, 0.29) is 12.5 Å². The number of hydrogen-bond acceptors (Lipinski definition) is 5. The maximum absolute atomic E-state index is 12.4. The fourth-order valence-electron chi connectivity index (χ4n) is 2.82. The van der Waals surface area contributed by atoms with Crippen molar-refractivity contribution in [3.8, 4) is 17.2 Å². The van der Waals surface area contributed by atoms with Crippen LogP contribution in [-0.2, 0) is 17.9 Å². The molecule has 0 aliphatic carbocycles. The summed E-state index contributed by atoms with van der Waals surface area (Å²) in [7, 11) is 0. The average Bonchev–Trinajstić information content (AvgIpc) is 2.77. The lowest BCUT2D eigenvalue weighted by Gasteiger charge is -2.26. The summed E-state index contributed by atoms with van der Waals surface area (Å²) in [4.78, 5) is 16.4. The van der Waals surface area contributed by atoms with Gasteiger partial charge in [0.15, 0.2) is 11.5 Å². The van der Waals surface area contributed by atoms with Crippen LogP contribution >= 0.6 is 0 Å². The van der Waals surface area contributed by atoms with E-state index >= 15 is 0 Å². The van der Waals surface area contributed by atoms with Crippen LogP contribution in [0, 0.1) is 0 Å². The molecule has 3 aromatic rings. The number of nitrogens with one attached hydrogen (secondary N) is 1. The van der Waals surface area contributed by atoms with Crippen LogP contribution in [0.5, 0.6) is 17.2 Å². The van der Waals surface area contributed by atoms with Crippen molar-refractivity contribution < 1.29 is 19.0 Å². The van der Waals surface area contributed by atoms with Gasteiger partial charge < -0.3 is 19.5 Å². The van der Waals surface area contributed by atoms with Gasteiger partial charge >= 0.3 is 0 Å². The van der Waals surface area contributed by atoms with E-state index < -0.39 is 6.10 Å². The predicted octanol–water partition coefficient (Wildman–Crippen LogP) is 3.12. The Hall–Kier alpha value is -3.54. The molecule has 28 heavy (non-hydrogen) atoms. The standard InChI is InChI=1S/C22H20N2O4/c25-22(24-13-17-7-4-10-23-12-17)21-15-27-19-9-8-18(11-20(19)28-21)26-14-16-5-2-1-3-6-16/h1-12,21H,13-15H2,(H,24,25). The quantitative estimate of drug-likeness (QED) is 0.716. The number of carbonyl (C=O) groups excluding carboxylic acids is 1. The fourth-order valence-corrected chi connectivity index (χ4v) is 2.82. The monoisotopic (exact) mass is 376 g/mol. The zero-order chi connectivity index (χ0) is 19.2. The Morgan fingerprint density at radius 1 is 1.07 bits per heavy atom. The minimum atomic E-state index is -0.714. The third kappa shape index (κ3) is 4.40. The number of benzene rings is 2. The summed E-state index contributed by atoms with van der Waals surface area (Å²) >= 11 is 0. The van der Waals surface area contributed by atoms with Gasteiger partial charge in [-0.3, -0.25) is 9.78 Å². The number of amides is 1. The van der Waals surface area contributed by atoms with Gasteiger partial charge in [0.1, 0.15) is 19.0 Å². The predicted molar refractivity (Wildman–Crippen MR) is 103 cm³/mol. The first kappa shape index (κ1) is 17.9. The first-order valence-electron chi connectivity index (χ1n) is 9.05. The summed E-state index contributed by atoms with van der Waals surface area (Å²) in [6.07, 6.45) is 2.69. The van der Waals surface area contributed by atoms with Gasteiger partial charge in [0.05, 0.1) is 0 Å². The Morgan fingerprint density at radius 3 is 2.75 bits per heavy atom. The third-order valence-electron chi connectivity index (χ3n) is 4.30. The van der Waals surface area contributed by atoms with E-state index in [1.165, 1.54) is 0 Å². The molecule has 2 aromatic carbocycles. The molecule has 4 rings (SSSR count). The highest BCUT2D eigenvalue weighted by molar-refractivity contribution is 5.81. The largest absolute Gasteiger partial charge is 0.489 e. The number of fused-ring (bicyclic) bond motifs is 1. The molecule has 2 heterocycles. The van der Waals surface area contributed by atoms with Crippen molar-refractivity contribution in [2.24, 2.45) is 0 Å². The first-order valence-corrected chi connectivity index (χ1v) is 9.05. The van der Waals surface area contributed by atoms with E-state index in [2.05, 4.69) is 10.3 Å². The molecule has 0 saturated carbocycles. The zero-order valence-corrected chi connectivity index (χ0v) is 15.2. The molecule has 1 aliphatic heterocycles. The highest BCUT2D eigenvalue weighted by Crippen LogP contribution is 2.35. The maximum Gasteiger partial charge on any atom is 0.264 e. The minimum absolute atomic E-state index is 0.163. The Balaban J connectivity index is 1.36. The molecular weight excluding hydrogens is 356 g/mol. The molecule has 1 amide bonds. The van der Waals surface area contributed by atoms with Gasteiger partial charge in [-0.15, -0.1) is 0 Å². The lowest BCUT2D eigenvalue weighted by Crippen LogP contribution is -2.43. The van der Waals surface area contributed by atoms with Crippen LogP contribution < -0.4 is 19.5 Å². The van der Waals surface area contributed by atoms with Crippen LogP contribution in [-0.4, -0.2) is 23.6 Å². The van der Waals surface area contributed by atoms with Crippen molar-refractivity contribution in [1.29, 1.82) is 0 Å². The van der Waals surface area contributed by atoms with Crippen molar-refractivity contribution in [1.82, 2.24) is 10.3 Å². The highest BCUT2D eigenvalue weighted by Gasteiger charge is 2.27. The normalized spacial score (nSPS) is 14.9. The van der Waals surface area contributed by atoms with E-state index in [1.807, 2.05) is 48.5 Å². The van der Waals surface area contributed by atoms with E-state index in [0.717, 1.165) is 11.1 Å². The molecule has 1 unspecified atom stereocenters. The molecule has 0 saturated heterocycles. The van der Waals surface area contributed by atoms with Gasteiger partial charge in [-0.1, -0.05) is 36.4 Å². The number of carbonyl (C=O) groups is 1. The van der Waals surface area contributed by atoms with Gasteiger partial charge in [-0.2, -0.15) is 0 Å². The SMILES string of the molecule is O=C(NCc1cccnc1)C1COc2ccc(OCc3ccccc3)cc2O1. The molecular formula is C22H20N2O4. The Morgan fingerprint density at radius 2 is 1.93 bits per heavy atom. The van der Waals surface area contributed by atoms with Gasteiger partial charge in [0.2, 0.25) is 6.10 Å². The van der Waals surface area contributed by atoms with Crippen molar-refractivity contribution >= 4 is 5.91 Å². The molecule has 6 nitrogen and oxygen atoms in total. The van der Waals surface area contributed by atoms with Crippen molar-refractivity contribution in [2.45, 2.75) is 19.3 Å². The number of rotatable bonds is 6. The molecule has 6 heteroatoms. The highest BCUT2D eigenvalue weighted by atomic mass is 16.6. The van der Waals surface area contributed by atoms with E-state index in [4.69, 9.17) is 14.2 Å². The maximum atomic E-state index is 12.4. The molecule has 0 radical (unpaired) electrons. The molecule has 0 bridgehead atoms. The topological polar surface area (TPSA) is 69.7 Å². The van der Waals surface area contributed by atoms with Gasteiger partial charge in [0, 0.05) is 25.0 Å². The summed E-state index contributed by atoms with van der Waals surface area (Å²) < 4.78 is 17.3. The second kappa shape index (κ2) is 8.43. The van der Waals surface area contributed by atoms with Crippen LogP contribution in [0.15, 0.2) is 73.1 Å². The first-order chi connectivity index (χ1) is 13.8. The molecule has 0 fully saturated rings. The minimum Gasteiger partial charge on any atom is -0.489 e. The van der Waals surface area contributed by atoms with Gasteiger partial charge in [-0.25, -0.2) is 0 Å². The number of hydrogen-bond donors (Lipinski definition) is 1. The van der Waals surface area contributed by atoms with Crippen LogP contribution in [0.3, 0.4) is 0 Å². The molecule has 142 valence electrons. The van der Waals surface area contributed by atoms with Crippen LogP contribution in [0.25, 0.3) is 0 Å². The van der Waals surface area contributed by atoms with Crippen LogP contribution in [0.4, 0.5) is 0 Å². The molecule has 1 atom stereocenters. The number of aromatic nitrogens is 1. The van der Waals surface area contributed by atoms with E-state index in [0.29, 0.717) is 30.4 Å². The summed E-state index contributed by atoms with van der Waals surface area (Å²) in [5.74, 6) is 1.52. The Labute approximate surface area is 163 Å². The fraction of sp³-hybridized carbons (Fsp3) is 0.182.